The third-order valence-electron chi connectivity index (χ3n) is 2.37. The highest BCUT2D eigenvalue weighted by Crippen LogP contribution is 2.15. The van der Waals surface area contributed by atoms with Crippen LogP contribution in [-0.4, -0.2) is 32.6 Å². The smallest absolute Gasteiger partial charge is 0.238 e. The fourth-order valence-corrected chi connectivity index (χ4v) is 2.77. The van der Waals surface area contributed by atoms with Crippen LogP contribution in [0.1, 0.15) is 13.3 Å². The second-order valence-electron chi connectivity index (χ2n) is 4.24. The zero-order valence-corrected chi connectivity index (χ0v) is 12.5. The summed E-state index contributed by atoms with van der Waals surface area (Å²) in [6.45, 7) is 2.57. The second kappa shape index (κ2) is 7.74. The first-order valence-corrected chi connectivity index (χ1v) is 8.68. The van der Waals surface area contributed by atoms with Crippen LogP contribution < -0.4 is 15.6 Å². The third-order valence-corrected chi connectivity index (χ3v) is 4.28. The molecule has 0 aliphatic rings. The Kier molecular flexibility index (Phi) is 6.64. The highest BCUT2D eigenvalue weighted by Gasteiger charge is 2.06. The molecule has 0 saturated heterocycles. The van der Waals surface area contributed by atoms with Crippen molar-refractivity contribution in [3.63, 3.8) is 0 Å². The number of primary sulfonamides is 1. The van der Waals surface area contributed by atoms with Gasteiger partial charge in [-0.15, -0.1) is 0 Å². The monoisotopic (exact) mass is 304 g/mol. The lowest BCUT2D eigenvalue weighted by molar-refractivity contribution is 0.343. The molecular formula is C12H20N2O3S2. The molecule has 7 heteroatoms. The van der Waals surface area contributed by atoms with Crippen molar-refractivity contribution in [2.24, 2.45) is 10.9 Å². The maximum absolute atomic E-state index is 11.1. The predicted octanol–water partition coefficient (Wildman–Crippen LogP) is 1.18. The van der Waals surface area contributed by atoms with Gasteiger partial charge in [0, 0.05) is 11.8 Å². The zero-order chi connectivity index (χ0) is 14.3. The van der Waals surface area contributed by atoms with Crippen molar-refractivity contribution in [3.8, 4) is 5.75 Å². The molecule has 4 N–H and O–H groups in total. The zero-order valence-electron chi connectivity index (χ0n) is 10.9. The summed E-state index contributed by atoms with van der Waals surface area (Å²) in [5.41, 5.74) is 5.64. The van der Waals surface area contributed by atoms with Gasteiger partial charge in [0.25, 0.3) is 0 Å². The Balaban J connectivity index is 2.27. The molecule has 108 valence electrons. The van der Waals surface area contributed by atoms with Crippen LogP contribution in [0.4, 0.5) is 0 Å². The fourth-order valence-electron chi connectivity index (χ4n) is 1.32. The number of hydrogen-bond donors (Lipinski definition) is 2. The average Bonchev–Trinajstić information content (AvgIpc) is 2.32. The fraction of sp³-hybridized carbons (Fsp3) is 0.500. The molecule has 0 saturated carbocycles. The van der Waals surface area contributed by atoms with Crippen LogP contribution in [0.2, 0.25) is 0 Å². The number of nitrogens with two attached hydrogens (primary N) is 2. The summed E-state index contributed by atoms with van der Waals surface area (Å²) in [5.74, 6) is 2.54. The van der Waals surface area contributed by atoms with Gasteiger partial charge in [0.2, 0.25) is 10.0 Å². The Hall–Kier alpha value is -0.760. The van der Waals surface area contributed by atoms with Crippen LogP contribution in [0.25, 0.3) is 0 Å². The summed E-state index contributed by atoms with van der Waals surface area (Å²) in [6.07, 6.45) is 0.994. The first-order valence-electron chi connectivity index (χ1n) is 5.98. The molecule has 1 unspecified atom stereocenters. The van der Waals surface area contributed by atoms with Crippen molar-refractivity contribution in [1.29, 1.82) is 0 Å². The Morgan fingerprint density at radius 3 is 2.42 bits per heavy atom. The van der Waals surface area contributed by atoms with E-state index in [1.54, 1.807) is 23.9 Å². The maximum atomic E-state index is 11.1. The molecule has 0 spiro atoms. The molecule has 0 aromatic heterocycles. The van der Waals surface area contributed by atoms with E-state index in [0.717, 1.165) is 17.9 Å². The highest BCUT2D eigenvalue weighted by atomic mass is 32.2. The maximum Gasteiger partial charge on any atom is 0.238 e. The molecule has 1 aromatic rings. The average molecular weight is 304 g/mol. The lowest BCUT2D eigenvalue weighted by atomic mass is 10.3. The molecule has 0 heterocycles. The molecule has 19 heavy (non-hydrogen) atoms. The van der Waals surface area contributed by atoms with Crippen molar-refractivity contribution in [1.82, 2.24) is 0 Å². The van der Waals surface area contributed by atoms with Crippen LogP contribution in [-0.2, 0) is 10.0 Å². The molecule has 0 aliphatic carbocycles. The molecule has 1 atom stereocenters. The van der Waals surface area contributed by atoms with E-state index in [0.29, 0.717) is 12.4 Å². The molecule has 1 rings (SSSR count). The lowest BCUT2D eigenvalue weighted by Gasteiger charge is -2.07. The summed E-state index contributed by atoms with van der Waals surface area (Å²) in [6, 6.07) is 6.32. The summed E-state index contributed by atoms with van der Waals surface area (Å²) >= 11 is 1.79. The molecular weight excluding hydrogens is 284 g/mol. The topological polar surface area (TPSA) is 95.4 Å². The summed E-state index contributed by atoms with van der Waals surface area (Å²) < 4.78 is 27.6. The van der Waals surface area contributed by atoms with E-state index in [1.807, 2.05) is 6.92 Å². The number of ether oxygens (including phenoxy) is 1. The van der Waals surface area contributed by atoms with Crippen molar-refractivity contribution >= 4 is 21.8 Å². The van der Waals surface area contributed by atoms with E-state index in [1.165, 1.54) is 12.1 Å². The third kappa shape index (κ3) is 6.81. The van der Waals surface area contributed by atoms with Gasteiger partial charge in [0.05, 0.1) is 11.5 Å². The van der Waals surface area contributed by atoms with Gasteiger partial charge >= 0.3 is 0 Å². The molecule has 1 aromatic carbocycles. The highest BCUT2D eigenvalue weighted by molar-refractivity contribution is 7.99. The van der Waals surface area contributed by atoms with Crippen molar-refractivity contribution < 1.29 is 13.2 Å². The Morgan fingerprint density at radius 2 is 1.89 bits per heavy atom. The van der Waals surface area contributed by atoms with Gasteiger partial charge in [-0.05, 0) is 43.4 Å². The standard InChI is InChI=1S/C12H20N2O3S2/c1-10(13)6-8-18-9-7-17-11-2-4-12(5-3-11)19(14,15)16/h2-5,10H,6-9,13H2,1H3,(H2,14,15,16). The normalized spacial score (nSPS) is 13.2. The van der Waals surface area contributed by atoms with E-state index in [2.05, 4.69) is 0 Å². The molecule has 0 amide bonds. The van der Waals surface area contributed by atoms with Crippen LogP contribution in [0, 0.1) is 0 Å². The van der Waals surface area contributed by atoms with Crippen molar-refractivity contribution in [2.45, 2.75) is 24.3 Å². The van der Waals surface area contributed by atoms with Gasteiger partial charge in [0.15, 0.2) is 0 Å². The van der Waals surface area contributed by atoms with Crippen LogP contribution in [0.5, 0.6) is 5.75 Å². The molecule has 5 nitrogen and oxygen atoms in total. The second-order valence-corrected chi connectivity index (χ2v) is 7.03. The van der Waals surface area contributed by atoms with Gasteiger partial charge in [0.1, 0.15) is 5.75 Å². The van der Waals surface area contributed by atoms with Crippen LogP contribution in [0.3, 0.4) is 0 Å². The van der Waals surface area contributed by atoms with E-state index in [-0.39, 0.29) is 10.9 Å². The summed E-state index contributed by atoms with van der Waals surface area (Å²) in [4.78, 5) is 0.0890. The number of benzene rings is 1. The quantitative estimate of drug-likeness (QED) is 0.703. The van der Waals surface area contributed by atoms with Crippen molar-refractivity contribution in [2.75, 3.05) is 18.1 Å². The summed E-state index contributed by atoms with van der Waals surface area (Å²) in [5, 5.41) is 5.00. The SMILES string of the molecule is CC(N)CCSCCOc1ccc(S(N)(=O)=O)cc1. The first-order chi connectivity index (χ1) is 8.89. The van der Waals surface area contributed by atoms with Gasteiger partial charge in [-0.2, -0.15) is 11.8 Å². The molecule has 0 fully saturated rings. The van der Waals surface area contributed by atoms with Gasteiger partial charge in [-0.1, -0.05) is 0 Å². The van der Waals surface area contributed by atoms with Crippen LogP contribution in [0.15, 0.2) is 29.2 Å². The Bertz CT molecular complexity index is 472. The van der Waals surface area contributed by atoms with E-state index in [4.69, 9.17) is 15.6 Å². The van der Waals surface area contributed by atoms with E-state index in [9.17, 15) is 8.42 Å². The van der Waals surface area contributed by atoms with Gasteiger partial charge < -0.3 is 10.5 Å². The first kappa shape index (κ1) is 16.3. The number of sulfonamides is 1. The lowest BCUT2D eigenvalue weighted by Crippen LogP contribution is -2.15. The molecule has 0 radical (unpaired) electrons. The van der Waals surface area contributed by atoms with Gasteiger partial charge in [-0.3, -0.25) is 0 Å². The Labute approximate surface area is 118 Å². The van der Waals surface area contributed by atoms with E-state index < -0.39 is 10.0 Å². The molecule has 0 bridgehead atoms. The number of hydrogen-bond acceptors (Lipinski definition) is 5. The van der Waals surface area contributed by atoms with Crippen LogP contribution >= 0.6 is 11.8 Å². The number of thioether (sulfide) groups is 1. The minimum absolute atomic E-state index is 0.0890. The molecule has 0 aliphatic heterocycles. The minimum Gasteiger partial charge on any atom is -0.493 e. The Morgan fingerprint density at radius 1 is 1.26 bits per heavy atom. The number of rotatable bonds is 8. The summed E-state index contributed by atoms with van der Waals surface area (Å²) in [7, 11) is -3.63. The predicted molar refractivity (Wildman–Crippen MR) is 78.9 cm³/mol. The minimum atomic E-state index is -3.63. The van der Waals surface area contributed by atoms with Gasteiger partial charge in [-0.25, -0.2) is 13.6 Å². The largest absolute Gasteiger partial charge is 0.493 e. The van der Waals surface area contributed by atoms with E-state index >= 15 is 0 Å². The van der Waals surface area contributed by atoms with Crippen molar-refractivity contribution in [3.05, 3.63) is 24.3 Å².